The van der Waals surface area contributed by atoms with Crippen LogP contribution >= 0.6 is 23.4 Å². The molecule has 0 aliphatic heterocycles. The predicted octanol–water partition coefficient (Wildman–Crippen LogP) is 3.00. The van der Waals surface area contributed by atoms with Crippen molar-refractivity contribution < 1.29 is 17.4 Å². The molecule has 0 atom stereocenters. The summed E-state index contributed by atoms with van der Waals surface area (Å²) in [6.45, 7) is 1.70. The minimum absolute atomic E-state index is 0.231. The molecule has 1 aromatic heterocycles. The van der Waals surface area contributed by atoms with Crippen LogP contribution in [-0.2, 0) is 4.18 Å². The van der Waals surface area contributed by atoms with Crippen molar-refractivity contribution in [2.75, 3.05) is 0 Å². The van der Waals surface area contributed by atoms with Crippen LogP contribution in [0, 0.1) is 6.92 Å². The molecule has 0 radical (unpaired) electrons. The summed E-state index contributed by atoms with van der Waals surface area (Å²) >= 11 is 1.35. The second kappa shape index (κ2) is 3.63. The summed E-state index contributed by atoms with van der Waals surface area (Å²) in [7, 11) is 0. The van der Waals surface area contributed by atoms with E-state index in [9.17, 15) is 13.2 Å². The van der Waals surface area contributed by atoms with E-state index in [1.807, 2.05) is 0 Å². The quantitative estimate of drug-likeness (QED) is 0.708. The zero-order valence-electron chi connectivity index (χ0n) is 5.88. The molecule has 2 nitrogen and oxygen atoms in total. The SMILES string of the molecule is Cc1csc(SOC(F)(F)F)n1. The Kier molecular flexibility index (Phi) is 2.97. The van der Waals surface area contributed by atoms with Crippen molar-refractivity contribution in [1.29, 1.82) is 0 Å². The van der Waals surface area contributed by atoms with Gasteiger partial charge in [-0.15, -0.1) is 24.5 Å². The van der Waals surface area contributed by atoms with Gasteiger partial charge in [-0.25, -0.2) is 9.17 Å². The molecule has 0 N–H and O–H groups in total. The number of nitrogens with zero attached hydrogens (tertiary/aromatic N) is 1. The molecule has 0 bridgehead atoms. The number of hydrogen-bond acceptors (Lipinski definition) is 4. The molecule has 1 rings (SSSR count). The van der Waals surface area contributed by atoms with E-state index in [2.05, 4.69) is 9.17 Å². The van der Waals surface area contributed by atoms with Gasteiger partial charge in [-0.2, -0.15) is 0 Å². The average Bonchev–Trinajstić information content (AvgIpc) is 2.30. The molecule has 12 heavy (non-hydrogen) atoms. The summed E-state index contributed by atoms with van der Waals surface area (Å²) in [4.78, 5) is 3.77. The van der Waals surface area contributed by atoms with Gasteiger partial charge in [0, 0.05) is 11.1 Å². The highest BCUT2D eigenvalue weighted by Gasteiger charge is 2.30. The number of rotatable bonds is 2. The molecule has 0 unspecified atom stereocenters. The Hall–Kier alpha value is -0.270. The molecule has 7 heteroatoms. The van der Waals surface area contributed by atoms with E-state index in [4.69, 9.17) is 0 Å². The van der Waals surface area contributed by atoms with Crippen molar-refractivity contribution in [3.05, 3.63) is 11.1 Å². The Labute approximate surface area is 75.0 Å². The van der Waals surface area contributed by atoms with Crippen LogP contribution in [0.15, 0.2) is 9.72 Å². The fraction of sp³-hybridized carbons (Fsp3) is 0.400. The zero-order valence-corrected chi connectivity index (χ0v) is 7.52. The van der Waals surface area contributed by atoms with Crippen LogP contribution in [-0.4, -0.2) is 11.3 Å². The number of aromatic nitrogens is 1. The Bertz CT molecular complexity index is 259. The number of hydrogen-bond donors (Lipinski definition) is 0. The van der Waals surface area contributed by atoms with Crippen molar-refractivity contribution in [2.24, 2.45) is 0 Å². The standard InChI is InChI=1S/C5H4F3NOS2/c1-3-2-11-4(9-3)12-10-5(6,7)8/h2H,1H3. The molecule has 0 spiro atoms. The predicted molar refractivity (Wildman–Crippen MR) is 39.8 cm³/mol. The fourth-order valence-corrected chi connectivity index (χ4v) is 1.72. The molecule has 1 aromatic rings. The smallest absolute Gasteiger partial charge is 0.233 e. The Morgan fingerprint density at radius 2 is 2.25 bits per heavy atom. The van der Waals surface area contributed by atoms with E-state index in [0.717, 1.165) is 11.3 Å². The summed E-state index contributed by atoms with van der Waals surface area (Å²) in [5, 5.41) is 1.65. The Morgan fingerprint density at radius 3 is 2.67 bits per heavy atom. The monoisotopic (exact) mass is 215 g/mol. The number of aryl methyl sites for hydroxylation is 1. The van der Waals surface area contributed by atoms with Crippen molar-refractivity contribution in [1.82, 2.24) is 4.98 Å². The minimum atomic E-state index is -4.61. The summed E-state index contributed by atoms with van der Waals surface area (Å²) in [6, 6.07) is 0. The third-order valence-electron chi connectivity index (χ3n) is 0.805. The van der Waals surface area contributed by atoms with Crippen LogP contribution in [0.25, 0.3) is 0 Å². The molecule has 0 aliphatic rings. The second-order valence-corrected chi connectivity index (χ2v) is 3.70. The maximum Gasteiger partial charge on any atom is 0.534 e. The lowest BCUT2D eigenvalue weighted by molar-refractivity contribution is -0.266. The second-order valence-electron chi connectivity index (χ2n) is 1.87. The lowest BCUT2D eigenvalue weighted by Crippen LogP contribution is -2.07. The maximum atomic E-state index is 11.5. The summed E-state index contributed by atoms with van der Waals surface area (Å²) in [5.74, 6) is 0. The first kappa shape index (κ1) is 9.82. The van der Waals surface area contributed by atoms with E-state index < -0.39 is 6.36 Å². The van der Waals surface area contributed by atoms with Gasteiger partial charge in [0.25, 0.3) is 0 Å². The maximum absolute atomic E-state index is 11.5. The Morgan fingerprint density at radius 1 is 1.58 bits per heavy atom. The van der Waals surface area contributed by atoms with E-state index in [0.29, 0.717) is 5.69 Å². The largest absolute Gasteiger partial charge is 0.534 e. The van der Waals surface area contributed by atoms with Gasteiger partial charge in [0.1, 0.15) is 0 Å². The van der Waals surface area contributed by atoms with E-state index >= 15 is 0 Å². The number of alkyl halides is 3. The third kappa shape index (κ3) is 3.42. The molecule has 68 valence electrons. The summed E-state index contributed by atoms with van der Waals surface area (Å²) in [5.41, 5.74) is 0.688. The third-order valence-corrected chi connectivity index (χ3v) is 2.56. The highest BCUT2D eigenvalue weighted by molar-refractivity contribution is 7.96. The Balaban J connectivity index is 2.44. The highest BCUT2D eigenvalue weighted by Crippen LogP contribution is 2.30. The summed E-state index contributed by atoms with van der Waals surface area (Å²) in [6.07, 6.45) is -4.61. The average molecular weight is 215 g/mol. The van der Waals surface area contributed by atoms with Gasteiger partial charge in [0.05, 0.1) is 12.0 Å². The molecule has 0 aromatic carbocycles. The molecular formula is C5H4F3NOS2. The molecular weight excluding hydrogens is 211 g/mol. The zero-order chi connectivity index (χ0) is 9.19. The van der Waals surface area contributed by atoms with Crippen LogP contribution in [0.3, 0.4) is 0 Å². The van der Waals surface area contributed by atoms with Gasteiger partial charge in [0.15, 0.2) is 4.34 Å². The van der Waals surface area contributed by atoms with Crippen LogP contribution in [0.4, 0.5) is 13.2 Å². The van der Waals surface area contributed by atoms with Crippen molar-refractivity contribution in [3.63, 3.8) is 0 Å². The van der Waals surface area contributed by atoms with Crippen molar-refractivity contribution in [3.8, 4) is 0 Å². The lowest BCUT2D eigenvalue weighted by Gasteiger charge is -2.01. The number of halogens is 3. The molecule has 0 saturated carbocycles. The van der Waals surface area contributed by atoms with E-state index in [1.165, 1.54) is 0 Å². The first-order valence-electron chi connectivity index (χ1n) is 2.82. The molecule has 0 aliphatic carbocycles. The number of thiazole rings is 1. The topological polar surface area (TPSA) is 22.1 Å². The first-order valence-corrected chi connectivity index (χ1v) is 4.44. The van der Waals surface area contributed by atoms with Gasteiger partial charge in [-0.05, 0) is 6.92 Å². The van der Waals surface area contributed by atoms with Gasteiger partial charge >= 0.3 is 6.36 Å². The van der Waals surface area contributed by atoms with Crippen molar-refractivity contribution >= 4 is 23.4 Å². The minimum Gasteiger partial charge on any atom is -0.233 e. The van der Waals surface area contributed by atoms with Gasteiger partial charge in [-0.1, -0.05) is 0 Å². The molecule has 0 amide bonds. The molecule has 0 saturated heterocycles. The molecule has 1 heterocycles. The van der Waals surface area contributed by atoms with E-state index in [-0.39, 0.29) is 16.4 Å². The van der Waals surface area contributed by atoms with Gasteiger partial charge < -0.3 is 0 Å². The lowest BCUT2D eigenvalue weighted by atomic mass is 10.6. The molecule has 0 fully saturated rings. The highest BCUT2D eigenvalue weighted by atomic mass is 32.2. The fourth-order valence-electron chi connectivity index (χ4n) is 0.454. The van der Waals surface area contributed by atoms with Crippen molar-refractivity contribution in [2.45, 2.75) is 17.6 Å². The van der Waals surface area contributed by atoms with Crippen LogP contribution in [0.2, 0.25) is 0 Å². The first-order chi connectivity index (χ1) is 5.47. The van der Waals surface area contributed by atoms with Gasteiger partial charge in [-0.3, -0.25) is 0 Å². The van der Waals surface area contributed by atoms with Crippen LogP contribution in [0.5, 0.6) is 0 Å². The van der Waals surface area contributed by atoms with E-state index in [1.54, 1.807) is 12.3 Å². The summed E-state index contributed by atoms with van der Waals surface area (Å²) < 4.78 is 38.2. The van der Waals surface area contributed by atoms with Crippen LogP contribution < -0.4 is 0 Å². The van der Waals surface area contributed by atoms with Gasteiger partial charge in [0.2, 0.25) is 0 Å². The van der Waals surface area contributed by atoms with Crippen LogP contribution in [0.1, 0.15) is 5.69 Å². The normalized spacial score (nSPS) is 12.0.